The minimum absolute atomic E-state index is 0.445. The van der Waals surface area contributed by atoms with E-state index in [4.69, 9.17) is 6.42 Å². The minimum Gasteiger partial charge on any atom is -0.312 e. The van der Waals surface area contributed by atoms with Crippen LogP contribution in [0.1, 0.15) is 27.2 Å². The van der Waals surface area contributed by atoms with Gasteiger partial charge in [0.05, 0.1) is 0 Å². The monoisotopic (exact) mass is 182 g/mol. The van der Waals surface area contributed by atoms with Crippen molar-refractivity contribution in [2.75, 3.05) is 26.2 Å². The highest BCUT2D eigenvalue weighted by atomic mass is 15.1. The highest BCUT2D eigenvalue weighted by Crippen LogP contribution is 1.89. The Morgan fingerprint density at radius 2 is 2.00 bits per heavy atom. The molecule has 0 heterocycles. The number of rotatable bonds is 7. The van der Waals surface area contributed by atoms with Crippen LogP contribution in [0, 0.1) is 12.3 Å². The molecule has 0 amide bonds. The molecule has 76 valence electrons. The van der Waals surface area contributed by atoms with Gasteiger partial charge in [0, 0.05) is 25.6 Å². The summed E-state index contributed by atoms with van der Waals surface area (Å²) in [7, 11) is 0. The molecule has 0 aromatic heterocycles. The van der Waals surface area contributed by atoms with Crippen molar-refractivity contribution < 1.29 is 0 Å². The highest BCUT2D eigenvalue weighted by Gasteiger charge is 2.00. The van der Waals surface area contributed by atoms with Gasteiger partial charge in [0.15, 0.2) is 0 Å². The lowest BCUT2D eigenvalue weighted by Gasteiger charge is -2.19. The molecule has 2 nitrogen and oxygen atoms in total. The molecule has 0 aliphatic carbocycles. The minimum atomic E-state index is 0.445. The first kappa shape index (κ1) is 12.5. The second-order valence-electron chi connectivity index (χ2n) is 3.29. The predicted molar refractivity (Wildman–Crippen MR) is 58.7 cm³/mol. The molecule has 0 saturated carbocycles. The topological polar surface area (TPSA) is 15.3 Å². The van der Waals surface area contributed by atoms with E-state index < -0.39 is 0 Å². The molecule has 0 aromatic carbocycles. The van der Waals surface area contributed by atoms with Crippen LogP contribution in [0.4, 0.5) is 0 Å². The zero-order valence-corrected chi connectivity index (χ0v) is 9.14. The Kier molecular flexibility index (Phi) is 7.77. The van der Waals surface area contributed by atoms with Crippen LogP contribution in [0.25, 0.3) is 0 Å². The molecule has 0 fully saturated rings. The third kappa shape index (κ3) is 6.62. The van der Waals surface area contributed by atoms with Crippen molar-refractivity contribution in [1.29, 1.82) is 0 Å². The summed E-state index contributed by atoms with van der Waals surface area (Å²) >= 11 is 0. The fraction of sp³-hybridized carbons (Fsp3) is 0.818. The van der Waals surface area contributed by atoms with Crippen LogP contribution in [0.2, 0.25) is 0 Å². The molecule has 13 heavy (non-hydrogen) atoms. The largest absolute Gasteiger partial charge is 0.312 e. The molecule has 1 unspecified atom stereocenters. The Morgan fingerprint density at radius 3 is 2.46 bits per heavy atom. The standard InChI is InChI=1S/C11H22N2/c1-5-8-11(4)12-9-10-13(6-2)7-3/h1,11-12H,6-10H2,2-4H3. The van der Waals surface area contributed by atoms with Crippen LogP contribution in [0.5, 0.6) is 0 Å². The quantitative estimate of drug-likeness (QED) is 0.598. The summed E-state index contributed by atoms with van der Waals surface area (Å²) in [6.07, 6.45) is 6.03. The van der Waals surface area contributed by atoms with Gasteiger partial charge in [-0.3, -0.25) is 0 Å². The molecule has 0 radical (unpaired) electrons. The van der Waals surface area contributed by atoms with E-state index >= 15 is 0 Å². The van der Waals surface area contributed by atoms with Gasteiger partial charge in [-0.15, -0.1) is 12.3 Å². The van der Waals surface area contributed by atoms with Gasteiger partial charge in [0.2, 0.25) is 0 Å². The van der Waals surface area contributed by atoms with Crippen molar-refractivity contribution in [2.45, 2.75) is 33.2 Å². The van der Waals surface area contributed by atoms with Gasteiger partial charge in [-0.05, 0) is 20.0 Å². The van der Waals surface area contributed by atoms with Crippen molar-refractivity contribution in [2.24, 2.45) is 0 Å². The van der Waals surface area contributed by atoms with E-state index in [0.29, 0.717) is 6.04 Å². The summed E-state index contributed by atoms with van der Waals surface area (Å²) in [6.45, 7) is 10.9. The third-order valence-corrected chi connectivity index (χ3v) is 2.24. The van der Waals surface area contributed by atoms with E-state index in [9.17, 15) is 0 Å². The Labute approximate surface area is 82.7 Å². The van der Waals surface area contributed by atoms with Crippen molar-refractivity contribution in [1.82, 2.24) is 10.2 Å². The van der Waals surface area contributed by atoms with Crippen molar-refractivity contribution >= 4 is 0 Å². The van der Waals surface area contributed by atoms with Gasteiger partial charge in [0.25, 0.3) is 0 Å². The highest BCUT2D eigenvalue weighted by molar-refractivity contribution is 4.87. The molecule has 0 aliphatic heterocycles. The lowest BCUT2D eigenvalue weighted by atomic mass is 10.2. The number of nitrogens with one attached hydrogen (secondary N) is 1. The summed E-state index contributed by atoms with van der Waals surface area (Å²) in [5.74, 6) is 2.66. The van der Waals surface area contributed by atoms with E-state index in [-0.39, 0.29) is 0 Å². The first-order valence-corrected chi connectivity index (χ1v) is 5.13. The maximum Gasteiger partial charge on any atom is 0.0238 e. The molecule has 2 heteroatoms. The van der Waals surface area contributed by atoms with Gasteiger partial charge in [-0.1, -0.05) is 13.8 Å². The Bertz CT molecular complexity index is 145. The zero-order valence-electron chi connectivity index (χ0n) is 9.14. The molecule has 1 atom stereocenters. The molecule has 0 aliphatic rings. The molecule has 0 saturated heterocycles. The van der Waals surface area contributed by atoms with E-state index in [0.717, 1.165) is 32.6 Å². The summed E-state index contributed by atoms with van der Waals surface area (Å²) in [4.78, 5) is 2.40. The smallest absolute Gasteiger partial charge is 0.0238 e. The summed E-state index contributed by atoms with van der Waals surface area (Å²) in [6, 6.07) is 0.445. The predicted octanol–water partition coefficient (Wildman–Crippen LogP) is 1.33. The third-order valence-electron chi connectivity index (χ3n) is 2.24. The van der Waals surface area contributed by atoms with E-state index in [1.807, 2.05) is 0 Å². The maximum atomic E-state index is 5.21. The first-order valence-electron chi connectivity index (χ1n) is 5.13. The Balaban J connectivity index is 3.38. The van der Waals surface area contributed by atoms with Crippen LogP contribution >= 0.6 is 0 Å². The van der Waals surface area contributed by atoms with Crippen molar-refractivity contribution in [3.63, 3.8) is 0 Å². The second kappa shape index (κ2) is 8.10. The molecular weight excluding hydrogens is 160 g/mol. The summed E-state index contributed by atoms with van der Waals surface area (Å²) < 4.78 is 0. The summed E-state index contributed by atoms with van der Waals surface area (Å²) in [5, 5.41) is 3.40. The lowest BCUT2D eigenvalue weighted by Crippen LogP contribution is -2.35. The van der Waals surface area contributed by atoms with Crippen LogP contribution in [-0.2, 0) is 0 Å². The normalized spacial score (nSPS) is 12.8. The number of terminal acetylenes is 1. The first-order chi connectivity index (χ1) is 6.24. The van der Waals surface area contributed by atoms with Crippen LogP contribution < -0.4 is 5.32 Å². The molecule has 0 rings (SSSR count). The summed E-state index contributed by atoms with van der Waals surface area (Å²) in [5.41, 5.74) is 0. The van der Waals surface area contributed by atoms with E-state index in [1.165, 1.54) is 0 Å². The van der Waals surface area contributed by atoms with Gasteiger partial charge < -0.3 is 10.2 Å². The zero-order chi connectivity index (χ0) is 10.1. The molecule has 0 aromatic rings. The van der Waals surface area contributed by atoms with E-state index in [1.54, 1.807) is 0 Å². The molecular formula is C11H22N2. The molecule has 0 bridgehead atoms. The number of hydrogen-bond acceptors (Lipinski definition) is 2. The number of hydrogen-bond donors (Lipinski definition) is 1. The van der Waals surface area contributed by atoms with Gasteiger partial charge in [-0.25, -0.2) is 0 Å². The van der Waals surface area contributed by atoms with Crippen LogP contribution in [0.15, 0.2) is 0 Å². The van der Waals surface area contributed by atoms with Crippen LogP contribution in [-0.4, -0.2) is 37.1 Å². The average molecular weight is 182 g/mol. The number of likely N-dealkylation sites (N-methyl/N-ethyl adjacent to an activating group) is 1. The fourth-order valence-electron chi connectivity index (χ4n) is 1.26. The SMILES string of the molecule is C#CCC(C)NCCN(CC)CC. The number of nitrogens with zero attached hydrogens (tertiary/aromatic N) is 1. The Morgan fingerprint density at radius 1 is 1.38 bits per heavy atom. The van der Waals surface area contributed by atoms with Gasteiger partial charge >= 0.3 is 0 Å². The van der Waals surface area contributed by atoms with Crippen LogP contribution in [0.3, 0.4) is 0 Å². The van der Waals surface area contributed by atoms with Gasteiger partial charge in [-0.2, -0.15) is 0 Å². The van der Waals surface area contributed by atoms with Crippen molar-refractivity contribution in [3.05, 3.63) is 0 Å². The average Bonchev–Trinajstić information content (AvgIpc) is 2.13. The Hall–Kier alpha value is -0.520. The maximum absolute atomic E-state index is 5.21. The lowest BCUT2D eigenvalue weighted by molar-refractivity contribution is 0.298. The molecule has 0 spiro atoms. The van der Waals surface area contributed by atoms with Gasteiger partial charge in [0.1, 0.15) is 0 Å². The van der Waals surface area contributed by atoms with Crippen molar-refractivity contribution in [3.8, 4) is 12.3 Å². The van der Waals surface area contributed by atoms with E-state index in [2.05, 4.69) is 36.9 Å². The second-order valence-corrected chi connectivity index (χ2v) is 3.29. The fourth-order valence-corrected chi connectivity index (χ4v) is 1.26. The molecule has 1 N–H and O–H groups in total.